The van der Waals surface area contributed by atoms with Crippen LogP contribution in [0.2, 0.25) is 0 Å². The van der Waals surface area contributed by atoms with Gasteiger partial charge in [-0.1, -0.05) is 66.7 Å². The molecule has 1 N–H and O–H groups in total. The van der Waals surface area contributed by atoms with Gasteiger partial charge in [-0.3, -0.25) is 4.79 Å². The van der Waals surface area contributed by atoms with E-state index in [2.05, 4.69) is 17.4 Å². The second-order valence-electron chi connectivity index (χ2n) is 6.26. The van der Waals surface area contributed by atoms with Crippen LogP contribution in [-0.4, -0.2) is 13.0 Å². The molecule has 0 heterocycles. The highest BCUT2D eigenvalue weighted by Crippen LogP contribution is 2.31. The predicted octanol–water partition coefficient (Wildman–Crippen LogP) is 5.77. The minimum absolute atomic E-state index is 0.134. The summed E-state index contributed by atoms with van der Waals surface area (Å²) in [5.41, 5.74) is 3.60. The first kappa shape index (κ1) is 16.9. The maximum absolute atomic E-state index is 12.7. The van der Waals surface area contributed by atoms with Crippen molar-refractivity contribution in [2.75, 3.05) is 12.4 Å². The molecule has 4 aromatic rings. The van der Waals surface area contributed by atoms with Crippen LogP contribution < -0.4 is 10.1 Å². The van der Waals surface area contributed by atoms with Crippen molar-refractivity contribution in [3.05, 3.63) is 96.6 Å². The number of anilines is 1. The molecule has 0 bridgehead atoms. The Morgan fingerprint density at radius 2 is 1.33 bits per heavy atom. The molecule has 0 aliphatic heterocycles. The summed E-state index contributed by atoms with van der Waals surface area (Å²) in [5, 5.41) is 4.94. The Morgan fingerprint density at radius 1 is 0.704 bits per heavy atom. The van der Waals surface area contributed by atoms with E-state index >= 15 is 0 Å². The average molecular weight is 353 g/mol. The molecule has 1 amide bonds. The van der Waals surface area contributed by atoms with Gasteiger partial charge in [0.15, 0.2) is 0 Å². The van der Waals surface area contributed by atoms with E-state index < -0.39 is 0 Å². The summed E-state index contributed by atoms with van der Waals surface area (Å²) in [6.45, 7) is 0. The zero-order chi connectivity index (χ0) is 18.6. The average Bonchev–Trinajstić information content (AvgIpc) is 2.75. The maximum Gasteiger partial charge on any atom is 0.255 e. The Bertz CT molecular complexity index is 1090. The first-order valence-corrected chi connectivity index (χ1v) is 8.79. The zero-order valence-electron chi connectivity index (χ0n) is 15.0. The van der Waals surface area contributed by atoms with E-state index in [1.54, 1.807) is 7.11 Å². The van der Waals surface area contributed by atoms with Gasteiger partial charge in [0.05, 0.1) is 7.11 Å². The molecule has 0 saturated heterocycles. The van der Waals surface area contributed by atoms with E-state index in [4.69, 9.17) is 4.74 Å². The standard InChI is InChI=1S/C24H19NO2/c1-27-23-16-15-22(20-9-5-6-10-21(20)23)25-24(26)19-13-11-18(12-14-19)17-7-3-2-4-8-17/h2-16H,1H3,(H,25,26). The molecule has 0 unspecified atom stereocenters. The number of amides is 1. The smallest absolute Gasteiger partial charge is 0.255 e. The first-order valence-electron chi connectivity index (χ1n) is 8.79. The van der Waals surface area contributed by atoms with Crippen molar-refractivity contribution in [3.63, 3.8) is 0 Å². The lowest BCUT2D eigenvalue weighted by Gasteiger charge is -2.12. The van der Waals surface area contributed by atoms with Crippen LogP contribution in [0.1, 0.15) is 10.4 Å². The second-order valence-corrected chi connectivity index (χ2v) is 6.26. The van der Waals surface area contributed by atoms with Crippen LogP contribution in [0.4, 0.5) is 5.69 Å². The van der Waals surface area contributed by atoms with Crippen LogP contribution in [0, 0.1) is 0 Å². The molecule has 4 aromatic carbocycles. The van der Waals surface area contributed by atoms with E-state index in [0.29, 0.717) is 5.56 Å². The number of carbonyl (C=O) groups excluding carboxylic acids is 1. The minimum atomic E-state index is -0.134. The Kier molecular flexibility index (Phi) is 4.58. The van der Waals surface area contributed by atoms with Gasteiger partial charge >= 0.3 is 0 Å². The third kappa shape index (κ3) is 3.40. The van der Waals surface area contributed by atoms with Gasteiger partial charge in [-0.2, -0.15) is 0 Å². The molecule has 3 heteroatoms. The molecule has 4 rings (SSSR count). The van der Waals surface area contributed by atoms with Gasteiger partial charge in [0.2, 0.25) is 0 Å². The number of hydrogen-bond acceptors (Lipinski definition) is 2. The molecule has 27 heavy (non-hydrogen) atoms. The number of methoxy groups -OCH3 is 1. The van der Waals surface area contributed by atoms with Crippen molar-refractivity contribution in [1.82, 2.24) is 0 Å². The van der Waals surface area contributed by atoms with Crippen LogP contribution in [0.3, 0.4) is 0 Å². The number of rotatable bonds is 4. The Labute approximate surface area is 158 Å². The summed E-state index contributed by atoms with van der Waals surface area (Å²) in [7, 11) is 1.65. The molecule has 132 valence electrons. The van der Waals surface area contributed by atoms with E-state index in [1.807, 2.05) is 78.9 Å². The highest BCUT2D eigenvalue weighted by Gasteiger charge is 2.11. The van der Waals surface area contributed by atoms with Crippen molar-refractivity contribution in [2.45, 2.75) is 0 Å². The van der Waals surface area contributed by atoms with Crippen molar-refractivity contribution >= 4 is 22.4 Å². The monoisotopic (exact) mass is 353 g/mol. The van der Waals surface area contributed by atoms with E-state index in [9.17, 15) is 4.79 Å². The third-order valence-corrected chi connectivity index (χ3v) is 4.61. The van der Waals surface area contributed by atoms with Crippen LogP contribution in [-0.2, 0) is 0 Å². The van der Waals surface area contributed by atoms with Crippen LogP contribution >= 0.6 is 0 Å². The van der Waals surface area contributed by atoms with Crippen molar-refractivity contribution in [3.8, 4) is 16.9 Å². The predicted molar refractivity (Wildman–Crippen MR) is 110 cm³/mol. The van der Waals surface area contributed by atoms with Gasteiger partial charge < -0.3 is 10.1 Å². The van der Waals surface area contributed by atoms with E-state index in [0.717, 1.165) is 33.3 Å². The van der Waals surface area contributed by atoms with Gasteiger partial charge in [-0.15, -0.1) is 0 Å². The normalized spacial score (nSPS) is 10.6. The lowest BCUT2D eigenvalue weighted by Crippen LogP contribution is -2.12. The highest BCUT2D eigenvalue weighted by atomic mass is 16.5. The fourth-order valence-corrected chi connectivity index (χ4v) is 3.20. The Balaban J connectivity index is 1.60. The summed E-state index contributed by atoms with van der Waals surface area (Å²) in [6.07, 6.45) is 0. The summed E-state index contributed by atoms with van der Waals surface area (Å²) in [5.74, 6) is 0.653. The van der Waals surface area contributed by atoms with Crippen molar-refractivity contribution < 1.29 is 9.53 Å². The lowest BCUT2D eigenvalue weighted by atomic mass is 10.0. The van der Waals surface area contributed by atoms with Gasteiger partial charge in [0.25, 0.3) is 5.91 Å². The summed E-state index contributed by atoms with van der Waals surface area (Å²) in [4.78, 5) is 12.7. The Morgan fingerprint density at radius 3 is 2.04 bits per heavy atom. The number of ether oxygens (including phenoxy) is 1. The molecule has 0 fully saturated rings. The molecule has 0 atom stereocenters. The summed E-state index contributed by atoms with van der Waals surface area (Å²) >= 11 is 0. The molecular formula is C24H19NO2. The fourth-order valence-electron chi connectivity index (χ4n) is 3.20. The molecule has 0 saturated carbocycles. The SMILES string of the molecule is COc1ccc(NC(=O)c2ccc(-c3ccccc3)cc2)c2ccccc12. The molecule has 0 radical (unpaired) electrons. The summed E-state index contributed by atoms with van der Waals surface area (Å²) < 4.78 is 5.41. The number of nitrogens with one attached hydrogen (secondary N) is 1. The molecular weight excluding hydrogens is 334 g/mol. The molecule has 0 aliphatic carbocycles. The van der Waals surface area contributed by atoms with E-state index in [1.165, 1.54) is 0 Å². The number of benzene rings is 4. The quantitative estimate of drug-likeness (QED) is 0.506. The number of hydrogen-bond donors (Lipinski definition) is 1. The van der Waals surface area contributed by atoms with Crippen LogP contribution in [0.25, 0.3) is 21.9 Å². The van der Waals surface area contributed by atoms with Gasteiger partial charge in [0.1, 0.15) is 5.75 Å². The number of fused-ring (bicyclic) bond motifs is 1. The largest absolute Gasteiger partial charge is 0.496 e. The maximum atomic E-state index is 12.7. The van der Waals surface area contributed by atoms with Gasteiger partial charge in [-0.25, -0.2) is 0 Å². The van der Waals surface area contributed by atoms with Gasteiger partial charge in [-0.05, 0) is 35.4 Å². The lowest BCUT2D eigenvalue weighted by molar-refractivity contribution is 0.102. The topological polar surface area (TPSA) is 38.3 Å². The fraction of sp³-hybridized carbons (Fsp3) is 0.0417. The second kappa shape index (κ2) is 7.34. The Hall–Kier alpha value is -3.59. The van der Waals surface area contributed by atoms with Crippen molar-refractivity contribution in [2.24, 2.45) is 0 Å². The minimum Gasteiger partial charge on any atom is -0.496 e. The first-order chi connectivity index (χ1) is 13.3. The van der Waals surface area contributed by atoms with Crippen LogP contribution in [0.5, 0.6) is 5.75 Å². The van der Waals surface area contributed by atoms with Gasteiger partial charge in [0, 0.05) is 22.0 Å². The number of carbonyl (C=O) groups is 1. The summed E-state index contributed by atoms with van der Waals surface area (Å²) in [6, 6.07) is 29.4. The zero-order valence-corrected chi connectivity index (χ0v) is 15.0. The van der Waals surface area contributed by atoms with Crippen LogP contribution in [0.15, 0.2) is 91.0 Å². The molecule has 0 aliphatic rings. The van der Waals surface area contributed by atoms with E-state index in [-0.39, 0.29) is 5.91 Å². The molecule has 3 nitrogen and oxygen atoms in total. The highest BCUT2D eigenvalue weighted by molar-refractivity contribution is 6.10. The molecule has 0 spiro atoms. The third-order valence-electron chi connectivity index (χ3n) is 4.61. The molecule has 0 aromatic heterocycles. The van der Waals surface area contributed by atoms with Crippen molar-refractivity contribution in [1.29, 1.82) is 0 Å².